The molecule has 1 saturated carbocycles. The molecule has 0 saturated heterocycles. The van der Waals surface area contributed by atoms with Gasteiger partial charge in [-0.2, -0.15) is 0 Å². The second-order valence-electron chi connectivity index (χ2n) is 5.59. The number of aromatic nitrogens is 1. The molecule has 2 aromatic rings. The lowest BCUT2D eigenvalue weighted by Gasteiger charge is -2.20. The molecule has 1 heterocycles. The Balaban J connectivity index is 1.89. The van der Waals surface area contributed by atoms with Gasteiger partial charge in [0.2, 0.25) is 5.88 Å². The van der Waals surface area contributed by atoms with Crippen LogP contribution in [-0.4, -0.2) is 5.16 Å². The maximum Gasteiger partial charge on any atom is 0.230 e. The Labute approximate surface area is 124 Å². The number of rotatable bonds is 3. The van der Waals surface area contributed by atoms with Crippen molar-refractivity contribution in [2.75, 3.05) is 5.73 Å². The molecule has 106 valence electrons. The summed E-state index contributed by atoms with van der Waals surface area (Å²) in [5.74, 6) is 1.09. The fourth-order valence-electron chi connectivity index (χ4n) is 3.09. The Morgan fingerprint density at radius 2 is 2.05 bits per heavy atom. The van der Waals surface area contributed by atoms with Crippen molar-refractivity contribution in [1.29, 1.82) is 0 Å². The molecule has 20 heavy (non-hydrogen) atoms. The first kappa shape index (κ1) is 13.5. The van der Waals surface area contributed by atoms with Crippen molar-refractivity contribution in [3.05, 3.63) is 35.0 Å². The van der Waals surface area contributed by atoms with Gasteiger partial charge in [0.25, 0.3) is 0 Å². The lowest BCUT2D eigenvalue weighted by atomic mass is 9.85. The average Bonchev–Trinajstić information content (AvgIpc) is 2.81. The summed E-state index contributed by atoms with van der Waals surface area (Å²) in [4.78, 5) is 0. The molecule has 0 spiro atoms. The number of hydrogen-bond donors (Lipinski definition) is 1. The van der Waals surface area contributed by atoms with Crippen LogP contribution in [0.2, 0.25) is 5.02 Å². The number of halogens is 1. The molecule has 0 unspecified atom stereocenters. The minimum absolute atomic E-state index is 0.387. The molecule has 0 atom stereocenters. The summed E-state index contributed by atoms with van der Waals surface area (Å²) < 4.78 is 5.22. The number of anilines is 1. The molecule has 1 fully saturated rings. The van der Waals surface area contributed by atoms with E-state index in [9.17, 15) is 0 Å². The van der Waals surface area contributed by atoms with Gasteiger partial charge in [0.05, 0.1) is 11.3 Å². The summed E-state index contributed by atoms with van der Waals surface area (Å²) in [5.41, 5.74) is 8.83. The van der Waals surface area contributed by atoms with Crippen LogP contribution in [0.4, 0.5) is 5.88 Å². The molecule has 0 amide bonds. The molecule has 3 nitrogen and oxygen atoms in total. The first-order valence-electron chi connectivity index (χ1n) is 7.24. The molecule has 1 aliphatic rings. The number of benzene rings is 1. The number of hydrogen-bond acceptors (Lipinski definition) is 3. The fraction of sp³-hybridized carbons (Fsp3) is 0.438. The van der Waals surface area contributed by atoms with Crippen LogP contribution in [0.1, 0.15) is 37.8 Å². The maximum atomic E-state index is 6.07. The van der Waals surface area contributed by atoms with Crippen molar-refractivity contribution in [2.24, 2.45) is 5.92 Å². The van der Waals surface area contributed by atoms with Gasteiger partial charge in [0.1, 0.15) is 0 Å². The van der Waals surface area contributed by atoms with Crippen LogP contribution in [0.3, 0.4) is 0 Å². The maximum absolute atomic E-state index is 6.07. The predicted molar refractivity (Wildman–Crippen MR) is 81.6 cm³/mol. The Morgan fingerprint density at radius 1 is 1.25 bits per heavy atom. The van der Waals surface area contributed by atoms with Crippen molar-refractivity contribution in [2.45, 2.75) is 38.5 Å². The van der Waals surface area contributed by atoms with Gasteiger partial charge in [-0.1, -0.05) is 61.0 Å². The van der Waals surface area contributed by atoms with Crippen LogP contribution in [0.5, 0.6) is 0 Å². The summed E-state index contributed by atoms with van der Waals surface area (Å²) in [6, 6.07) is 7.69. The first-order valence-corrected chi connectivity index (χ1v) is 7.62. The van der Waals surface area contributed by atoms with Gasteiger partial charge < -0.3 is 10.3 Å². The molecule has 2 N–H and O–H groups in total. The van der Waals surface area contributed by atoms with Crippen molar-refractivity contribution >= 4 is 17.5 Å². The summed E-state index contributed by atoms with van der Waals surface area (Å²) in [7, 11) is 0. The van der Waals surface area contributed by atoms with Gasteiger partial charge >= 0.3 is 0 Å². The predicted octanol–water partition coefficient (Wildman–Crippen LogP) is 4.70. The lowest BCUT2D eigenvalue weighted by Crippen LogP contribution is -2.10. The fourth-order valence-corrected chi connectivity index (χ4v) is 3.28. The van der Waals surface area contributed by atoms with Gasteiger partial charge in [-0.05, 0) is 30.0 Å². The van der Waals surface area contributed by atoms with Crippen molar-refractivity contribution in [3.8, 4) is 11.1 Å². The van der Waals surface area contributed by atoms with Crippen LogP contribution >= 0.6 is 11.6 Å². The van der Waals surface area contributed by atoms with Crippen LogP contribution in [0.25, 0.3) is 11.1 Å². The van der Waals surface area contributed by atoms with Crippen molar-refractivity contribution < 1.29 is 4.52 Å². The van der Waals surface area contributed by atoms with Crippen LogP contribution in [0.15, 0.2) is 28.8 Å². The van der Waals surface area contributed by atoms with Crippen LogP contribution in [0, 0.1) is 5.92 Å². The molecule has 1 aromatic heterocycles. The van der Waals surface area contributed by atoms with Gasteiger partial charge in [-0.15, -0.1) is 0 Å². The highest BCUT2D eigenvalue weighted by Crippen LogP contribution is 2.35. The quantitative estimate of drug-likeness (QED) is 0.891. The highest BCUT2D eigenvalue weighted by molar-refractivity contribution is 6.30. The third-order valence-electron chi connectivity index (χ3n) is 4.11. The Hall–Kier alpha value is -1.48. The van der Waals surface area contributed by atoms with E-state index in [-0.39, 0.29) is 0 Å². The highest BCUT2D eigenvalue weighted by atomic mass is 35.5. The van der Waals surface area contributed by atoms with E-state index in [1.807, 2.05) is 24.3 Å². The summed E-state index contributed by atoms with van der Waals surface area (Å²) in [6.07, 6.45) is 7.51. The molecular weight excluding hydrogens is 272 g/mol. The first-order chi connectivity index (χ1) is 9.74. The standard InChI is InChI=1S/C16H19ClN2O/c17-13-8-4-7-12(10-13)15-14(19-20-16(15)18)9-11-5-2-1-3-6-11/h4,7-8,10-11H,1-3,5-6,9,18H2. The van der Waals surface area contributed by atoms with E-state index in [1.165, 1.54) is 32.1 Å². The van der Waals surface area contributed by atoms with E-state index in [1.54, 1.807) is 0 Å². The number of nitrogen functional groups attached to an aromatic ring is 1. The molecule has 0 radical (unpaired) electrons. The van der Waals surface area contributed by atoms with Gasteiger partial charge in [0, 0.05) is 5.02 Å². The topological polar surface area (TPSA) is 52.0 Å². The Kier molecular flexibility index (Phi) is 3.97. The Bertz CT molecular complexity index is 588. The normalized spacial score (nSPS) is 16.4. The summed E-state index contributed by atoms with van der Waals surface area (Å²) in [6.45, 7) is 0. The summed E-state index contributed by atoms with van der Waals surface area (Å²) >= 11 is 6.07. The molecule has 1 aromatic carbocycles. The second-order valence-corrected chi connectivity index (χ2v) is 6.02. The molecule has 1 aliphatic carbocycles. The van der Waals surface area contributed by atoms with E-state index in [0.717, 1.165) is 23.2 Å². The average molecular weight is 291 g/mol. The molecular formula is C16H19ClN2O. The van der Waals surface area contributed by atoms with E-state index in [4.69, 9.17) is 21.9 Å². The third kappa shape index (κ3) is 2.83. The zero-order chi connectivity index (χ0) is 13.9. The number of nitrogens with two attached hydrogens (primary N) is 1. The zero-order valence-corrected chi connectivity index (χ0v) is 12.2. The molecule has 0 aliphatic heterocycles. The SMILES string of the molecule is Nc1onc(CC2CCCCC2)c1-c1cccc(Cl)c1. The lowest BCUT2D eigenvalue weighted by molar-refractivity contribution is 0.345. The minimum atomic E-state index is 0.387. The molecule has 3 rings (SSSR count). The van der Waals surface area contributed by atoms with Gasteiger partial charge in [-0.25, -0.2) is 0 Å². The van der Waals surface area contributed by atoms with Gasteiger partial charge in [-0.3, -0.25) is 0 Å². The molecule has 0 bridgehead atoms. The smallest absolute Gasteiger partial charge is 0.230 e. The van der Waals surface area contributed by atoms with Crippen LogP contribution < -0.4 is 5.73 Å². The van der Waals surface area contributed by atoms with Crippen molar-refractivity contribution in [3.63, 3.8) is 0 Å². The second kappa shape index (κ2) is 5.88. The number of nitrogens with zero attached hydrogens (tertiary/aromatic N) is 1. The monoisotopic (exact) mass is 290 g/mol. The highest BCUT2D eigenvalue weighted by Gasteiger charge is 2.21. The van der Waals surface area contributed by atoms with Crippen molar-refractivity contribution in [1.82, 2.24) is 5.16 Å². The van der Waals surface area contributed by atoms with Crippen LogP contribution in [-0.2, 0) is 6.42 Å². The van der Waals surface area contributed by atoms with E-state index < -0.39 is 0 Å². The largest absolute Gasteiger partial charge is 0.367 e. The Morgan fingerprint density at radius 3 is 2.80 bits per heavy atom. The third-order valence-corrected chi connectivity index (χ3v) is 4.34. The minimum Gasteiger partial charge on any atom is -0.367 e. The van der Waals surface area contributed by atoms with E-state index >= 15 is 0 Å². The summed E-state index contributed by atoms with van der Waals surface area (Å²) in [5, 5.41) is 4.87. The molecule has 4 heteroatoms. The van der Waals surface area contributed by atoms with E-state index in [0.29, 0.717) is 16.8 Å². The van der Waals surface area contributed by atoms with E-state index in [2.05, 4.69) is 5.16 Å². The van der Waals surface area contributed by atoms with Gasteiger partial charge in [0.15, 0.2) is 0 Å². The zero-order valence-electron chi connectivity index (χ0n) is 11.4.